The maximum atomic E-state index is 12.3. The molecule has 1 atom stereocenters. The van der Waals surface area contributed by atoms with E-state index in [2.05, 4.69) is 9.82 Å². The Bertz CT molecular complexity index is 879. The minimum absolute atomic E-state index is 0.318. The zero-order valence-electron chi connectivity index (χ0n) is 12.4. The van der Waals surface area contributed by atoms with Crippen molar-refractivity contribution in [2.24, 2.45) is 14.1 Å². The van der Waals surface area contributed by atoms with Crippen LogP contribution in [0.15, 0.2) is 39.1 Å². The van der Waals surface area contributed by atoms with Gasteiger partial charge in [-0.2, -0.15) is 5.10 Å². The van der Waals surface area contributed by atoms with E-state index >= 15 is 0 Å². The molecule has 2 aromatic heterocycles. The summed E-state index contributed by atoms with van der Waals surface area (Å²) in [5.74, 6) is 0. The van der Waals surface area contributed by atoms with Gasteiger partial charge in [-0.25, -0.2) is 17.9 Å². The number of aryl methyl sites for hydroxylation is 1. The van der Waals surface area contributed by atoms with Crippen LogP contribution in [0, 0.1) is 0 Å². The first-order valence-corrected chi connectivity index (χ1v) is 7.97. The molecule has 0 aromatic carbocycles. The average molecular weight is 327 g/mol. The van der Waals surface area contributed by atoms with Crippen molar-refractivity contribution in [2.45, 2.75) is 24.4 Å². The largest absolute Gasteiger partial charge is 0.330 e. The molecule has 0 aliphatic rings. The molecule has 2 rings (SSSR count). The third-order valence-electron chi connectivity index (χ3n) is 3.08. The fourth-order valence-corrected chi connectivity index (χ4v) is 3.41. The lowest BCUT2D eigenvalue weighted by atomic mass is 10.4. The molecule has 0 spiro atoms. The van der Waals surface area contributed by atoms with Crippen molar-refractivity contribution in [2.75, 3.05) is 0 Å². The fourth-order valence-electron chi connectivity index (χ4n) is 2.01. The second-order valence-electron chi connectivity index (χ2n) is 5.00. The Balaban J connectivity index is 2.31. The number of sulfonamides is 1. The summed E-state index contributed by atoms with van der Waals surface area (Å²) in [6.07, 6.45) is 4.31. The van der Waals surface area contributed by atoms with E-state index in [1.54, 1.807) is 30.1 Å². The van der Waals surface area contributed by atoms with Crippen LogP contribution in [0.2, 0.25) is 0 Å². The van der Waals surface area contributed by atoms with E-state index in [4.69, 9.17) is 0 Å². The lowest BCUT2D eigenvalue weighted by Crippen LogP contribution is -2.43. The SMILES string of the molecule is CC(Cn1cccn1)NS(=O)(=O)c1cn(C)c(=O)n(C)c1=O. The van der Waals surface area contributed by atoms with Crippen molar-refractivity contribution >= 4 is 10.0 Å². The zero-order chi connectivity index (χ0) is 16.5. The molecule has 2 aromatic rings. The Morgan fingerprint density at radius 2 is 2.00 bits per heavy atom. The molecule has 0 aliphatic heterocycles. The highest BCUT2D eigenvalue weighted by molar-refractivity contribution is 7.89. The number of hydrogen-bond acceptors (Lipinski definition) is 5. The molecule has 10 heteroatoms. The Labute approximate surface area is 126 Å². The Morgan fingerprint density at radius 1 is 1.32 bits per heavy atom. The van der Waals surface area contributed by atoms with Gasteiger partial charge in [0.15, 0.2) is 4.90 Å². The maximum Gasteiger partial charge on any atom is 0.330 e. The molecule has 120 valence electrons. The average Bonchev–Trinajstić information content (AvgIpc) is 2.92. The molecule has 9 nitrogen and oxygen atoms in total. The summed E-state index contributed by atoms with van der Waals surface area (Å²) >= 11 is 0. The van der Waals surface area contributed by atoms with Gasteiger partial charge in [0, 0.05) is 38.7 Å². The third-order valence-corrected chi connectivity index (χ3v) is 4.65. The molecular weight excluding hydrogens is 310 g/mol. The smallest absolute Gasteiger partial charge is 0.302 e. The Kier molecular flexibility index (Phi) is 4.33. The number of nitrogens with zero attached hydrogens (tertiary/aromatic N) is 4. The van der Waals surface area contributed by atoms with Gasteiger partial charge < -0.3 is 4.57 Å². The quantitative estimate of drug-likeness (QED) is 0.730. The van der Waals surface area contributed by atoms with E-state index < -0.39 is 32.2 Å². The first-order chi connectivity index (χ1) is 10.2. The minimum Gasteiger partial charge on any atom is -0.302 e. The second-order valence-corrected chi connectivity index (χ2v) is 6.68. The molecule has 1 N–H and O–H groups in total. The van der Waals surface area contributed by atoms with E-state index in [0.717, 1.165) is 15.3 Å². The van der Waals surface area contributed by atoms with E-state index in [1.165, 1.54) is 14.1 Å². The summed E-state index contributed by atoms with van der Waals surface area (Å²) in [6.45, 7) is 1.98. The van der Waals surface area contributed by atoms with Gasteiger partial charge in [0.25, 0.3) is 5.56 Å². The van der Waals surface area contributed by atoms with Gasteiger partial charge in [0.2, 0.25) is 10.0 Å². The molecule has 0 radical (unpaired) electrons. The van der Waals surface area contributed by atoms with Gasteiger partial charge >= 0.3 is 5.69 Å². The lowest BCUT2D eigenvalue weighted by molar-refractivity contribution is 0.492. The molecule has 0 aliphatic carbocycles. The molecule has 0 saturated heterocycles. The molecule has 22 heavy (non-hydrogen) atoms. The summed E-state index contributed by atoms with van der Waals surface area (Å²) in [4.78, 5) is 23.1. The molecule has 0 fully saturated rings. The van der Waals surface area contributed by atoms with Crippen molar-refractivity contribution in [3.63, 3.8) is 0 Å². The normalized spacial score (nSPS) is 13.2. The van der Waals surface area contributed by atoms with Gasteiger partial charge in [-0.1, -0.05) is 0 Å². The van der Waals surface area contributed by atoms with Gasteiger partial charge in [0.1, 0.15) is 0 Å². The fraction of sp³-hybridized carbons (Fsp3) is 0.417. The molecule has 0 saturated carbocycles. The highest BCUT2D eigenvalue weighted by Crippen LogP contribution is 2.02. The van der Waals surface area contributed by atoms with Crippen LogP contribution in [-0.2, 0) is 30.7 Å². The van der Waals surface area contributed by atoms with Crippen LogP contribution in [0.5, 0.6) is 0 Å². The summed E-state index contributed by atoms with van der Waals surface area (Å²) in [5.41, 5.74) is -1.45. The molecule has 2 heterocycles. The molecular formula is C12H17N5O4S. The lowest BCUT2D eigenvalue weighted by Gasteiger charge is -2.14. The Hall–Kier alpha value is -2.20. The number of aromatic nitrogens is 4. The highest BCUT2D eigenvalue weighted by atomic mass is 32.2. The summed E-state index contributed by atoms with van der Waals surface area (Å²) in [5, 5.41) is 3.99. The zero-order valence-corrected chi connectivity index (χ0v) is 13.2. The van der Waals surface area contributed by atoms with Crippen molar-refractivity contribution in [1.82, 2.24) is 23.6 Å². The van der Waals surface area contributed by atoms with E-state index in [-0.39, 0.29) is 0 Å². The van der Waals surface area contributed by atoms with Crippen molar-refractivity contribution in [3.8, 4) is 0 Å². The molecule has 0 bridgehead atoms. The first kappa shape index (κ1) is 16.2. The predicted molar refractivity (Wildman–Crippen MR) is 78.9 cm³/mol. The molecule has 1 unspecified atom stereocenters. The summed E-state index contributed by atoms with van der Waals surface area (Å²) < 4.78 is 30.5. The van der Waals surface area contributed by atoms with Gasteiger partial charge in [-0.05, 0) is 13.0 Å². The topological polar surface area (TPSA) is 108 Å². The monoisotopic (exact) mass is 327 g/mol. The van der Waals surface area contributed by atoms with Crippen LogP contribution in [0.1, 0.15) is 6.92 Å². The van der Waals surface area contributed by atoms with Crippen LogP contribution in [0.4, 0.5) is 0 Å². The Morgan fingerprint density at radius 3 is 2.59 bits per heavy atom. The van der Waals surface area contributed by atoms with Gasteiger partial charge in [-0.15, -0.1) is 0 Å². The number of rotatable bonds is 5. The summed E-state index contributed by atoms with van der Waals surface area (Å²) in [6, 6.07) is 1.25. The van der Waals surface area contributed by atoms with E-state index in [0.29, 0.717) is 6.54 Å². The number of nitrogens with one attached hydrogen (secondary N) is 1. The van der Waals surface area contributed by atoms with Crippen LogP contribution < -0.4 is 16.0 Å². The third kappa shape index (κ3) is 3.17. The van der Waals surface area contributed by atoms with Crippen LogP contribution in [0.3, 0.4) is 0 Å². The first-order valence-electron chi connectivity index (χ1n) is 6.49. The van der Waals surface area contributed by atoms with Crippen molar-refractivity contribution in [3.05, 3.63) is 45.5 Å². The van der Waals surface area contributed by atoms with Crippen molar-refractivity contribution < 1.29 is 8.42 Å². The number of hydrogen-bond donors (Lipinski definition) is 1. The van der Waals surface area contributed by atoms with Crippen LogP contribution in [-0.4, -0.2) is 33.4 Å². The predicted octanol–water partition coefficient (Wildman–Crippen LogP) is -1.35. The van der Waals surface area contributed by atoms with E-state index in [1.807, 2.05) is 0 Å². The van der Waals surface area contributed by atoms with E-state index in [9.17, 15) is 18.0 Å². The standard InChI is InChI=1S/C12H17N5O4S/c1-9(7-17-6-4-5-13-17)14-22(20,21)10-8-15(2)12(19)16(3)11(10)18/h4-6,8-9,14H,7H2,1-3H3. The van der Waals surface area contributed by atoms with Crippen molar-refractivity contribution in [1.29, 1.82) is 0 Å². The highest BCUT2D eigenvalue weighted by Gasteiger charge is 2.23. The minimum atomic E-state index is -4.04. The van der Waals surface area contributed by atoms with Gasteiger partial charge in [-0.3, -0.25) is 14.0 Å². The second kappa shape index (κ2) is 5.89. The van der Waals surface area contributed by atoms with Gasteiger partial charge in [0.05, 0.1) is 6.54 Å². The summed E-state index contributed by atoms with van der Waals surface area (Å²) in [7, 11) is -1.42. The van der Waals surface area contributed by atoms with Crippen LogP contribution >= 0.6 is 0 Å². The molecule has 0 amide bonds. The van der Waals surface area contributed by atoms with Crippen LogP contribution in [0.25, 0.3) is 0 Å². The maximum absolute atomic E-state index is 12.3.